The van der Waals surface area contributed by atoms with Gasteiger partial charge in [-0.2, -0.15) is 0 Å². The van der Waals surface area contributed by atoms with Crippen molar-refractivity contribution in [2.45, 2.75) is 0 Å². The van der Waals surface area contributed by atoms with Crippen LogP contribution >= 0.6 is 0 Å². The molecule has 3 heteroatoms. The molecule has 78 valence electrons. The summed E-state index contributed by atoms with van der Waals surface area (Å²) >= 11 is 0. The number of fused-ring (bicyclic) bond motifs is 1. The molecule has 0 atom stereocenters. The predicted octanol–water partition coefficient (Wildman–Crippen LogP) is 3.00. The van der Waals surface area contributed by atoms with Crippen molar-refractivity contribution < 1.29 is 4.39 Å². The lowest BCUT2D eigenvalue weighted by Crippen LogP contribution is -1.86. The maximum Gasteiger partial charge on any atom is 0.130 e. The Labute approximate surface area is 91.8 Å². The highest BCUT2D eigenvalue weighted by Crippen LogP contribution is 2.21. The summed E-state index contributed by atoms with van der Waals surface area (Å²) in [6, 6.07) is 14.0. The Morgan fingerprint density at radius 3 is 2.50 bits per heavy atom. The first-order chi connectivity index (χ1) is 7.84. The molecule has 0 N–H and O–H groups in total. The number of hydrogen-bond acceptors (Lipinski definition) is 1. The van der Waals surface area contributed by atoms with E-state index >= 15 is 0 Å². The zero-order valence-electron chi connectivity index (χ0n) is 8.39. The van der Waals surface area contributed by atoms with Crippen LogP contribution < -0.4 is 4.98 Å². The molecule has 0 amide bonds. The molecule has 0 aliphatic rings. The van der Waals surface area contributed by atoms with E-state index in [9.17, 15) is 4.39 Å². The van der Waals surface area contributed by atoms with Crippen LogP contribution in [-0.2, 0) is 0 Å². The summed E-state index contributed by atoms with van der Waals surface area (Å²) in [5.74, 6) is 0.150. The molecule has 0 spiro atoms. The molecule has 0 fully saturated rings. The second-order valence-electron chi connectivity index (χ2n) is 3.52. The molecule has 3 aromatic rings. The number of hydrogen-bond donors (Lipinski definition) is 0. The van der Waals surface area contributed by atoms with Crippen molar-refractivity contribution in [3.8, 4) is 11.4 Å². The highest BCUT2D eigenvalue weighted by molar-refractivity contribution is 5.78. The standard InChI is InChI=1S/C13H8FN2/c14-10-6-2-1-5-9(10)13-15-11-7-3-4-8-12(11)16-13/h1-8H/q-1. The number of halogens is 1. The van der Waals surface area contributed by atoms with Crippen molar-refractivity contribution in [3.05, 3.63) is 54.3 Å². The molecule has 0 aliphatic heterocycles. The fraction of sp³-hybridized carbons (Fsp3) is 0. The van der Waals surface area contributed by atoms with E-state index in [2.05, 4.69) is 9.97 Å². The van der Waals surface area contributed by atoms with Crippen molar-refractivity contribution in [3.63, 3.8) is 0 Å². The van der Waals surface area contributed by atoms with E-state index < -0.39 is 0 Å². The topological polar surface area (TPSA) is 27.0 Å². The minimum atomic E-state index is -0.294. The summed E-state index contributed by atoms with van der Waals surface area (Å²) in [5.41, 5.74) is 2.03. The number of benzene rings is 2. The molecular weight excluding hydrogens is 203 g/mol. The van der Waals surface area contributed by atoms with Gasteiger partial charge in [0.25, 0.3) is 0 Å². The van der Waals surface area contributed by atoms with Gasteiger partial charge in [0.05, 0.1) is 0 Å². The quantitative estimate of drug-likeness (QED) is 0.618. The van der Waals surface area contributed by atoms with Crippen LogP contribution in [0.25, 0.3) is 22.4 Å². The Bertz CT molecular complexity index is 610. The Hall–Kier alpha value is -2.16. The van der Waals surface area contributed by atoms with Gasteiger partial charge < -0.3 is 9.97 Å². The lowest BCUT2D eigenvalue weighted by atomic mass is 10.2. The Morgan fingerprint density at radius 1 is 0.938 bits per heavy atom. The lowest BCUT2D eigenvalue weighted by molar-refractivity contribution is 0.630. The highest BCUT2D eigenvalue weighted by Gasteiger charge is 2.00. The molecule has 0 saturated carbocycles. The highest BCUT2D eigenvalue weighted by atomic mass is 19.1. The third kappa shape index (κ3) is 1.37. The van der Waals surface area contributed by atoms with Crippen LogP contribution in [0.15, 0.2) is 48.5 Å². The number of para-hydroxylation sites is 2. The monoisotopic (exact) mass is 211 g/mol. The van der Waals surface area contributed by atoms with Gasteiger partial charge in [-0.1, -0.05) is 42.5 Å². The minimum absolute atomic E-state index is 0.294. The molecule has 2 nitrogen and oxygen atoms in total. The first-order valence-corrected chi connectivity index (χ1v) is 4.99. The van der Waals surface area contributed by atoms with Gasteiger partial charge in [0, 0.05) is 5.56 Å². The first kappa shape index (κ1) is 9.09. The number of imidazole rings is 1. The number of nitrogens with zero attached hydrogens (tertiary/aromatic N) is 2. The van der Waals surface area contributed by atoms with E-state index in [0.29, 0.717) is 11.4 Å². The zero-order valence-corrected chi connectivity index (χ0v) is 8.39. The normalized spacial score (nSPS) is 10.8. The van der Waals surface area contributed by atoms with Crippen LogP contribution in [0.4, 0.5) is 4.39 Å². The van der Waals surface area contributed by atoms with Gasteiger partial charge >= 0.3 is 0 Å². The van der Waals surface area contributed by atoms with Crippen LogP contribution in [0.1, 0.15) is 0 Å². The summed E-state index contributed by atoms with van der Waals surface area (Å²) in [6.45, 7) is 0. The van der Waals surface area contributed by atoms with Gasteiger partial charge in [-0.15, -0.1) is 0 Å². The minimum Gasteiger partial charge on any atom is -0.435 e. The summed E-state index contributed by atoms with van der Waals surface area (Å²) in [4.78, 5) is 8.59. The third-order valence-corrected chi connectivity index (χ3v) is 2.45. The maximum atomic E-state index is 13.5. The third-order valence-electron chi connectivity index (χ3n) is 2.45. The van der Waals surface area contributed by atoms with Crippen molar-refractivity contribution in [1.29, 1.82) is 0 Å². The smallest absolute Gasteiger partial charge is 0.130 e. The molecular formula is C13H8FN2-. The molecule has 0 bridgehead atoms. The second-order valence-corrected chi connectivity index (χ2v) is 3.52. The predicted molar refractivity (Wildman–Crippen MR) is 60.5 cm³/mol. The van der Waals surface area contributed by atoms with E-state index in [-0.39, 0.29) is 5.82 Å². The maximum absolute atomic E-state index is 13.5. The van der Waals surface area contributed by atoms with E-state index in [0.717, 1.165) is 11.0 Å². The lowest BCUT2D eigenvalue weighted by Gasteiger charge is -2.04. The Kier molecular flexibility index (Phi) is 1.96. The van der Waals surface area contributed by atoms with E-state index in [1.807, 2.05) is 24.3 Å². The molecule has 0 aliphatic carbocycles. The Morgan fingerprint density at radius 2 is 1.69 bits per heavy atom. The van der Waals surface area contributed by atoms with Crippen molar-refractivity contribution in [2.75, 3.05) is 0 Å². The molecule has 0 unspecified atom stereocenters. The van der Waals surface area contributed by atoms with Gasteiger partial charge in [-0.3, -0.25) is 0 Å². The summed E-state index contributed by atoms with van der Waals surface area (Å²) in [5, 5.41) is 0. The molecule has 0 radical (unpaired) electrons. The number of aromatic nitrogens is 2. The largest absolute Gasteiger partial charge is 0.435 e. The average Bonchev–Trinajstić information content (AvgIpc) is 2.73. The first-order valence-electron chi connectivity index (χ1n) is 4.99. The van der Waals surface area contributed by atoms with Gasteiger partial charge in [0.2, 0.25) is 0 Å². The summed E-state index contributed by atoms with van der Waals surface area (Å²) in [7, 11) is 0. The second kappa shape index (κ2) is 3.45. The van der Waals surface area contributed by atoms with Crippen LogP contribution in [0.2, 0.25) is 0 Å². The van der Waals surface area contributed by atoms with E-state index in [4.69, 9.17) is 0 Å². The SMILES string of the molecule is Fc1ccccc1-c1nc2ccccc2[n-]1. The van der Waals surface area contributed by atoms with Gasteiger partial charge in [-0.25, -0.2) is 4.39 Å². The molecule has 0 saturated heterocycles. The van der Waals surface area contributed by atoms with Gasteiger partial charge in [-0.05, 0) is 22.9 Å². The van der Waals surface area contributed by atoms with Crippen LogP contribution in [-0.4, -0.2) is 4.98 Å². The average molecular weight is 211 g/mol. The van der Waals surface area contributed by atoms with Crippen molar-refractivity contribution in [1.82, 2.24) is 9.97 Å². The van der Waals surface area contributed by atoms with Crippen molar-refractivity contribution in [2.24, 2.45) is 0 Å². The molecule has 3 rings (SSSR count). The van der Waals surface area contributed by atoms with Crippen LogP contribution in [0.3, 0.4) is 0 Å². The van der Waals surface area contributed by atoms with Gasteiger partial charge in [0.15, 0.2) is 0 Å². The van der Waals surface area contributed by atoms with Crippen LogP contribution in [0, 0.1) is 5.82 Å². The van der Waals surface area contributed by atoms with E-state index in [1.165, 1.54) is 6.07 Å². The number of rotatable bonds is 1. The molecule has 16 heavy (non-hydrogen) atoms. The molecule has 1 heterocycles. The molecule has 2 aromatic carbocycles. The summed E-state index contributed by atoms with van der Waals surface area (Å²) in [6.07, 6.45) is 0. The van der Waals surface area contributed by atoms with Crippen molar-refractivity contribution >= 4 is 11.0 Å². The fourth-order valence-corrected chi connectivity index (χ4v) is 1.67. The fourth-order valence-electron chi connectivity index (χ4n) is 1.67. The molecule has 1 aromatic heterocycles. The Balaban J connectivity index is 2.23. The van der Waals surface area contributed by atoms with Gasteiger partial charge in [0.1, 0.15) is 5.82 Å². The van der Waals surface area contributed by atoms with Crippen LogP contribution in [0.5, 0.6) is 0 Å². The van der Waals surface area contributed by atoms with E-state index in [1.54, 1.807) is 18.2 Å². The zero-order chi connectivity index (χ0) is 11.0. The summed E-state index contributed by atoms with van der Waals surface area (Å²) < 4.78 is 13.5.